The molecule has 1 aliphatic rings. The molecule has 0 saturated carbocycles. The molecule has 168 valence electrons. The van der Waals surface area contributed by atoms with Gasteiger partial charge < -0.3 is 10.2 Å². The van der Waals surface area contributed by atoms with Crippen LogP contribution in [0.15, 0.2) is 72.1 Å². The second kappa shape index (κ2) is 9.93. The third kappa shape index (κ3) is 5.44. The molecule has 0 radical (unpaired) electrons. The molecule has 2 aromatic heterocycles. The van der Waals surface area contributed by atoms with E-state index in [0.717, 1.165) is 43.3 Å². The van der Waals surface area contributed by atoms with Crippen LogP contribution in [0.4, 0.5) is 11.4 Å². The summed E-state index contributed by atoms with van der Waals surface area (Å²) in [5.41, 5.74) is 3.28. The Morgan fingerprint density at radius 2 is 1.73 bits per heavy atom. The molecular formula is C24H25N7OS. The molecular weight excluding hydrogens is 434 g/mol. The van der Waals surface area contributed by atoms with E-state index in [1.54, 1.807) is 0 Å². The lowest BCUT2D eigenvalue weighted by Crippen LogP contribution is -2.45. The van der Waals surface area contributed by atoms with Crippen molar-refractivity contribution >= 4 is 28.6 Å². The summed E-state index contributed by atoms with van der Waals surface area (Å²) in [5.74, 6) is 0.346. The van der Waals surface area contributed by atoms with Crippen LogP contribution >= 0.6 is 11.3 Å². The number of carbonyl (C=O) groups excluding carboxylic acids is 1. The molecule has 9 heteroatoms. The second-order valence-corrected chi connectivity index (χ2v) is 8.91. The molecule has 1 amide bonds. The van der Waals surface area contributed by atoms with Crippen molar-refractivity contribution in [2.24, 2.45) is 0 Å². The SMILES string of the molecule is O=C(Cn1nnc(-c2cccs2)n1)Nc1ccc(N2CCN(Cc3ccccc3)CC2)cc1. The Morgan fingerprint density at radius 1 is 0.939 bits per heavy atom. The van der Waals surface area contributed by atoms with E-state index < -0.39 is 0 Å². The van der Waals surface area contributed by atoms with Crippen molar-refractivity contribution in [3.05, 3.63) is 77.7 Å². The first-order valence-electron chi connectivity index (χ1n) is 11.0. The highest BCUT2D eigenvalue weighted by molar-refractivity contribution is 7.13. The summed E-state index contributed by atoms with van der Waals surface area (Å²) in [4.78, 5) is 19.5. The van der Waals surface area contributed by atoms with E-state index in [-0.39, 0.29) is 12.5 Å². The first-order chi connectivity index (χ1) is 16.2. The van der Waals surface area contributed by atoms with E-state index in [9.17, 15) is 4.79 Å². The van der Waals surface area contributed by atoms with Gasteiger partial charge in [-0.3, -0.25) is 9.69 Å². The molecule has 1 N–H and O–H groups in total. The quantitative estimate of drug-likeness (QED) is 0.457. The standard InChI is InChI=1S/C24H25N7OS/c32-23(18-31-27-24(26-28-31)22-7-4-16-33-22)25-20-8-10-21(11-9-20)30-14-12-29(13-15-30)17-19-5-2-1-3-6-19/h1-11,16H,12-15,17-18H2,(H,25,32). The summed E-state index contributed by atoms with van der Waals surface area (Å²) in [5, 5.41) is 17.1. The summed E-state index contributed by atoms with van der Waals surface area (Å²) < 4.78 is 0. The third-order valence-electron chi connectivity index (χ3n) is 5.62. The Morgan fingerprint density at radius 3 is 2.45 bits per heavy atom. The summed E-state index contributed by atoms with van der Waals surface area (Å²) in [6.07, 6.45) is 0. The first-order valence-corrected chi connectivity index (χ1v) is 11.8. The molecule has 0 unspecified atom stereocenters. The van der Waals surface area contributed by atoms with Gasteiger partial charge in [0.1, 0.15) is 6.54 Å². The maximum absolute atomic E-state index is 12.4. The molecule has 1 aliphatic heterocycles. The molecule has 0 aliphatic carbocycles. The molecule has 0 spiro atoms. The average Bonchev–Trinajstić information content (AvgIpc) is 3.53. The zero-order valence-electron chi connectivity index (χ0n) is 18.2. The number of anilines is 2. The highest BCUT2D eigenvalue weighted by Gasteiger charge is 2.17. The number of amides is 1. The van der Waals surface area contributed by atoms with Crippen LogP contribution in [0, 0.1) is 0 Å². The van der Waals surface area contributed by atoms with Gasteiger partial charge in [-0.25, -0.2) is 0 Å². The van der Waals surface area contributed by atoms with Crippen molar-refractivity contribution < 1.29 is 4.79 Å². The molecule has 1 fully saturated rings. The van der Waals surface area contributed by atoms with Crippen molar-refractivity contribution in [1.82, 2.24) is 25.1 Å². The second-order valence-electron chi connectivity index (χ2n) is 7.96. The Bertz CT molecular complexity index is 1170. The fourth-order valence-corrected chi connectivity index (χ4v) is 4.55. The van der Waals surface area contributed by atoms with Crippen molar-refractivity contribution in [2.75, 3.05) is 36.4 Å². The number of benzene rings is 2. The number of rotatable bonds is 7. The average molecular weight is 460 g/mol. The molecule has 3 heterocycles. The van der Waals surface area contributed by atoms with Gasteiger partial charge in [0.05, 0.1) is 4.88 Å². The Kier molecular flexibility index (Phi) is 6.41. The molecule has 0 atom stereocenters. The predicted octanol–water partition coefficient (Wildman–Crippen LogP) is 3.36. The van der Waals surface area contributed by atoms with Crippen LogP contribution in [-0.4, -0.2) is 57.2 Å². The van der Waals surface area contributed by atoms with E-state index in [1.165, 1.54) is 27.4 Å². The summed E-state index contributed by atoms with van der Waals surface area (Å²) in [6.45, 7) is 5.06. The van der Waals surface area contributed by atoms with Gasteiger partial charge in [0, 0.05) is 44.1 Å². The smallest absolute Gasteiger partial charge is 0.248 e. The maximum atomic E-state index is 12.4. The predicted molar refractivity (Wildman–Crippen MR) is 130 cm³/mol. The number of hydrogen-bond acceptors (Lipinski definition) is 7. The maximum Gasteiger partial charge on any atom is 0.248 e. The Hall–Kier alpha value is -3.56. The molecule has 1 saturated heterocycles. The molecule has 0 bridgehead atoms. The van der Waals surface area contributed by atoms with Crippen LogP contribution in [0.25, 0.3) is 10.7 Å². The van der Waals surface area contributed by atoms with Crippen LogP contribution in [0.2, 0.25) is 0 Å². The van der Waals surface area contributed by atoms with E-state index >= 15 is 0 Å². The first kappa shape index (κ1) is 21.3. The largest absolute Gasteiger partial charge is 0.369 e. The van der Waals surface area contributed by atoms with Gasteiger partial charge >= 0.3 is 0 Å². The number of tetrazole rings is 1. The van der Waals surface area contributed by atoms with Crippen LogP contribution in [0.5, 0.6) is 0 Å². The highest BCUT2D eigenvalue weighted by atomic mass is 32.1. The molecule has 33 heavy (non-hydrogen) atoms. The van der Waals surface area contributed by atoms with Gasteiger partial charge in [0.2, 0.25) is 11.7 Å². The highest BCUT2D eigenvalue weighted by Crippen LogP contribution is 2.21. The Balaban J connectivity index is 1.11. The third-order valence-corrected chi connectivity index (χ3v) is 6.48. The van der Waals surface area contributed by atoms with E-state index in [1.807, 2.05) is 29.6 Å². The van der Waals surface area contributed by atoms with Gasteiger partial charge in [0.25, 0.3) is 0 Å². The van der Waals surface area contributed by atoms with Crippen LogP contribution in [0.3, 0.4) is 0 Å². The lowest BCUT2D eigenvalue weighted by molar-refractivity contribution is -0.117. The number of aromatic nitrogens is 4. The van der Waals surface area contributed by atoms with E-state index in [2.05, 4.69) is 73.0 Å². The Labute approximate surface area is 196 Å². The molecule has 2 aromatic carbocycles. The van der Waals surface area contributed by atoms with Crippen molar-refractivity contribution in [2.45, 2.75) is 13.1 Å². The van der Waals surface area contributed by atoms with Crippen LogP contribution < -0.4 is 10.2 Å². The minimum Gasteiger partial charge on any atom is -0.369 e. The fourth-order valence-electron chi connectivity index (χ4n) is 3.90. The van der Waals surface area contributed by atoms with E-state index in [0.29, 0.717) is 5.82 Å². The molecule has 5 rings (SSSR count). The number of nitrogens with one attached hydrogen (secondary N) is 1. The number of piperazine rings is 1. The topological polar surface area (TPSA) is 79.2 Å². The zero-order chi connectivity index (χ0) is 22.5. The molecule has 8 nitrogen and oxygen atoms in total. The van der Waals surface area contributed by atoms with E-state index in [4.69, 9.17) is 0 Å². The van der Waals surface area contributed by atoms with Crippen LogP contribution in [0.1, 0.15) is 5.56 Å². The fraction of sp³-hybridized carbons (Fsp3) is 0.250. The lowest BCUT2D eigenvalue weighted by Gasteiger charge is -2.36. The van der Waals surface area contributed by atoms with Crippen LogP contribution in [-0.2, 0) is 17.9 Å². The normalized spacial score (nSPS) is 14.4. The van der Waals surface area contributed by atoms with Crippen molar-refractivity contribution in [1.29, 1.82) is 0 Å². The van der Waals surface area contributed by atoms with Crippen molar-refractivity contribution in [3.63, 3.8) is 0 Å². The lowest BCUT2D eigenvalue weighted by atomic mass is 10.2. The number of nitrogens with zero attached hydrogens (tertiary/aromatic N) is 6. The van der Waals surface area contributed by atoms with Crippen molar-refractivity contribution in [3.8, 4) is 10.7 Å². The number of thiophene rings is 1. The summed E-state index contributed by atoms with van der Waals surface area (Å²) in [6, 6.07) is 22.5. The summed E-state index contributed by atoms with van der Waals surface area (Å²) >= 11 is 1.54. The minimum absolute atomic E-state index is 0.0174. The van der Waals surface area contributed by atoms with Gasteiger partial charge in [0.15, 0.2) is 0 Å². The van der Waals surface area contributed by atoms with Gasteiger partial charge in [-0.1, -0.05) is 36.4 Å². The van der Waals surface area contributed by atoms with Gasteiger partial charge in [-0.05, 0) is 46.5 Å². The molecule has 4 aromatic rings. The number of hydrogen-bond donors (Lipinski definition) is 1. The van der Waals surface area contributed by atoms with Gasteiger partial charge in [-0.2, -0.15) is 4.80 Å². The minimum atomic E-state index is -0.188. The monoisotopic (exact) mass is 459 g/mol. The summed E-state index contributed by atoms with van der Waals surface area (Å²) in [7, 11) is 0. The number of carbonyl (C=O) groups is 1. The zero-order valence-corrected chi connectivity index (χ0v) is 19.0. The van der Waals surface area contributed by atoms with Gasteiger partial charge in [-0.15, -0.1) is 21.5 Å².